The van der Waals surface area contributed by atoms with Gasteiger partial charge in [0.1, 0.15) is 0 Å². The highest BCUT2D eigenvalue weighted by molar-refractivity contribution is 7.99. The summed E-state index contributed by atoms with van der Waals surface area (Å²) in [5, 5.41) is 15.6. The molecule has 8 nitrogen and oxygen atoms in total. The van der Waals surface area contributed by atoms with Crippen LogP contribution in [0.4, 0.5) is 0 Å². The lowest BCUT2D eigenvalue weighted by atomic mass is 10.1. The Bertz CT molecular complexity index is 753. The summed E-state index contributed by atoms with van der Waals surface area (Å²) in [6, 6.07) is 6.43. The molecule has 2 atom stereocenters. The zero-order valence-corrected chi connectivity index (χ0v) is 15.6. The fourth-order valence-electron chi connectivity index (χ4n) is 2.87. The highest BCUT2D eigenvalue weighted by Gasteiger charge is 2.30. The third-order valence-electron chi connectivity index (χ3n) is 4.52. The number of hydrogen-bond donors (Lipinski definition) is 3. The van der Waals surface area contributed by atoms with Crippen LogP contribution in [0.15, 0.2) is 23.4 Å². The summed E-state index contributed by atoms with van der Waals surface area (Å²) in [6.45, 7) is 8.16. The number of hydrazine groups is 1. The first-order chi connectivity index (χ1) is 12.0. The van der Waals surface area contributed by atoms with Crippen LogP contribution in [0.3, 0.4) is 0 Å². The molecule has 3 rings (SSSR count). The average Bonchev–Trinajstić information content (AvgIpc) is 3.17. The van der Waals surface area contributed by atoms with Gasteiger partial charge in [-0.2, -0.15) is 4.68 Å². The van der Waals surface area contributed by atoms with Gasteiger partial charge in [-0.25, -0.2) is 0 Å². The molecule has 1 aromatic heterocycles. The lowest BCUT2D eigenvalue weighted by Gasteiger charge is -2.19. The number of carbonyl (C=O) groups is 1. The van der Waals surface area contributed by atoms with Crippen molar-refractivity contribution in [2.75, 3.05) is 5.75 Å². The predicted molar refractivity (Wildman–Crippen MR) is 96.5 cm³/mol. The van der Waals surface area contributed by atoms with Gasteiger partial charge >= 0.3 is 0 Å². The number of nitrogens with one attached hydrogen (secondary N) is 3. The molecule has 2 heterocycles. The van der Waals surface area contributed by atoms with Crippen molar-refractivity contribution in [2.24, 2.45) is 0 Å². The van der Waals surface area contributed by atoms with Gasteiger partial charge in [-0.1, -0.05) is 23.9 Å². The Morgan fingerprint density at radius 3 is 2.72 bits per heavy atom. The molecular formula is C16H23N7OS. The molecule has 134 valence electrons. The number of rotatable bonds is 5. The number of carbonyl (C=O) groups excluding carboxylic acids is 1. The van der Waals surface area contributed by atoms with E-state index < -0.39 is 0 Å². The molecule has 2 aromatic rings. The Hall–Kier alpha value is -1.97. The zero-order chi connectivity index (χ0) is 18.0. The van der Waals surface area contributed by atoms with E-state index in [9.17, 15) is 4.79 Å². The summed E-state index contributed by atoms with van der Waals surface area (Å²) >= 11 is 1.33. The van der Waals surface area contributed by atoms with Crippen LogP contribution < -0.4 is 16.2 Å². The van der Waals surface area contributed by atoms with E-state index in [1.54, 1.807) is 4.68 Å². The first kappa shape index (κ1) is 17.8. The number of tetrazole rings is 1. The van der Waals surface area contributed by atoms with Gasteiger partial charge in [0.15, 0.2) is 0 Å². The van der Waals surface area contributed by atoms with Crippen molar-refractivity contribution in [3.8, 4) is 5.69 Å². The van der Waals surface area contributed by atoms with Gasteiger partial charge in [0.2, 0.25) is 11.1 Å². The van der Waals surface area contributed by atoms with E-state index in [4.69, 9.17) is 0 Å². The van der Waals surface area contributed by atoms with Crippen LogP contribution in [0.2, 0.25) is 0 Å². The van der Waals surface area contributed by atoms with E-state index in [1.165, 1.54) is 17.3 Å². The first-order valence-corrected chi connectivity index (χ1v) is 9.24. The van der Waals surface area contributed by atoms with Gasteiger partial charge in [0.05, 0.1) is 17.5 Å². The summed E-state index contributed by atoms with van der Waals surface area (Å²) in [6.07, 6.45) is 0. The van der Waals surface area contributed by atoms with Crippen molar-refractivity contribution in [2.45, 2.75) is 51.0 Å². The van der Waals surface area contributed by atoms with Gasteiger partial charge in [0.25, 0.3) is 0 Å². The van der Waals surface area contributed by atoms with Crippen molar-refractivity contribution in [3.63, 3.8) is 0 Å². The van der Waals surface area contributed by atoms with Gasteiger partial charge in [0, 0.05) is 12.1 Å². The number of amides is 1. The molecule has 0 aliphatic carbocycles. The van der Waals surface area contributed by atoms with Crippen molar-refractivity contribution in [3.05, 3.63) is 29.3 Å². The Morgan fingerprint density at radius 1 is 1.28 bits per heavy atom. The molecule has 1 aliphatic rings. The molecule has 1 aromatic carbocycles. The van der Waals surface area contributed by atoms with Crippen LogP contribution >= 0.6 is 11.8 Å². The molecule has 2 unspecified atom stereocenters. The quantitative estimate of drug-likeness (QED) is 0.676. The lowest BCUT2D eigenvalue weighted by molar-refractivity contribution is -0.119. The lowest BCUT2D eigenvalue weighted by Crippen LogP contribution is -2.47. The highest BCUT2D eigenvalue weighted by Crippen LogP contribution is 2.22. The molecule has 3 N–H and O–H groups in total. The molecule has 1 saturated heterocycles. The minimum Gasteiger partial charge on any atom is -0.349 e. The summed E-state index contributed by atoms with van der Waals surface area (Å²) in [5.41, 5.74) is 9.48. The van der Waals surface area contributed by atoms with Crippen LogP contribution in [0.25, 0.3) is 5.69 Å². The second-order valence-corrected chi connectivity index (χ2v) is 7.28. The van der Waals surface area contributed by atoms with Gasteiger partial charge in [-0.05, 0) is 55.3 Å². The Balaban J connectivity index is 1.66. The summed E-state index contributed by atoms with van der Waals surface area (Å²) in [4.78, 5) is 12.3. The maximum absolute atomic E-state index is 12.3. The third kappa shape index (κ3) is 3.83. The topological polar surface area (TPSA) is 96.8 Å². The van der Waals surface area contributed by atoms with E-state index >= 15 is 0 Å². The minimum atomic E-state index is -0.0327. The van der Waals surface area contributed by atoms with Crippen LogP contribution in [0.5, 0.6) is 0 Å². The van der Waals surface area contributed by atoms with Crippen molar-refractivity contribution in [1.82, 2.24) is 36.4 Å². The van der Waals surface area contributed by atoms with Crippen molar-refractivity contribution >= 4 is 17.7 Å². The number of aromatic nitrogens is 4. The number of benzene rings is 1. The molecule has 0 bridgehead atoms. The Morgan fingerprint density at radius 2 is 2.00 bits per heavy atom. The van der Waals surface area contributed by atoms with Gasteiger partial charge in [-0.3, -0.25) is 15.6 Å². The van der Waals surface area contributed by atoms with Crippen LogP contribution in [0, 0.1) is 13.8 Å². The van der Waals surface area contributed by atoms with E-state index in [0.717, 1.165) is 11.3 Å². The number of hydrogen-bond acceptors (Lipinski definition) is 7. The average molecular weight is 361 g/mol. The molecule has 0 saturated carbocycles. The maximum atomic E-state index is 12.3. The third-order valence-corrected chi connectivity index (χ3v) is 5.44. The van der Waals surface area contributed by atoms with Gasteiger partial charge in [-0.15, -0.1) is 5.10 Å². The predicted octanol–water partition coefficient (Wildman–Crippen LogP) is 0.741. The second kappa shape index (κ2) is 7.51. The largest absolute Gasteiger partial charge is 0.349 e. The van der Waals surface area contributed by atoms with Crippen LogP contribution in [-0.2, 0) is 4.79 Å². The molecule has 0 spiro atoms. The highest BCUT2D eigenvalue weighted by atomic mass is 32.2. The Kier molecular flexibility index (Phi) is 5.36. The van der Waals surface area contributed by atoms with Crippen LogP contribution in [-0.4, -0.2) is 50.0 Å². The first-order valence-electron chi connectivity index (χ1n) is 8.25. The normalized spacial score (nSPS) is 23.0. The van der Waals surface area contributed by atoms with Crippen molar-refractivity contribution < 1.29 is 4.79 Å². The molecule has 1 aliphatic heterocycles. The fraction of sp³-hybridized carbons (Fsp3) is 0.500. The molecule has 1 amide bonds. The molecule has 1 fully saturated rings. The fourth-order valence-corrected chi connectivity index (χ4v) is 3.56. The number of thioether (sulfide) groups is 1. The minimum absolute atomic E-state index is 0.0327. The second-order valence-electron chi connectivity index (χ2n) is 6.34. The van der Waals surface area contributed by atoms with E-state index in [0.29, 0.717) is 5.16 Å². The Labute approximate surface area is 151 Å². The van der Waals surface area contributed by atoms with E-state index in [2.05, 4.69) is 44.7 Å². The smallest absolute Gasteiger partial charge is 0.230 e. The van der Waals surface area contributed by atoms with Crippen molar-refractivity contribution in [1.29, 1.82) is 0 Å². The van der Waals surface area contributed by atoms with E-state index in [-0.39, 0.29) is 29.8 Å². The number of aryl methyl sites for hydroxylation is 1. The summed E-state index contributed by atoms with van der Waals surface area (Å²) in [5.74, 6) is 0.232. The molecule has 9 heteroatoms. The monoisotopic (exact) mass is 361 g/mol. The SMILES string of the molecule is Cc1cccc(-n2nnnc2SCC(=O)NC2C(C)NNC2C)c1C. The maximum Gasteiger partial charge on any atom is 0.230 e. The van der Waals surface area contributed by atoms with Crippen LogP contribution in [0.1, 0.15) is 25.0 Å². The molecule has 0 radical (unpaired) electrons. The summed E-state index contributed by atoms with van der Waals surface area (Å²) < 4.78 is 1.68. The molecular weight excluding hydrogens is 338 g/mol. The zero-order valence-electron chi connectivity index (χ0n) is 14.8. The standard InChI is InChI=1S/C16H23N7OS/c1-9-6-5-7-13(10(9)2)23-16(20-21-22-23)25-8-14(24)17-15-11(3)18-19-12(15)4/h5-7,11-12,15,18-19H,8H2,1-4H3,(H,17,24). The summed E-state index contributed by atoms with van der Waals surface area (Å²) in [7, 11) is 0. The molecule has 25 heavy (non-hydrogen) atoms. The van der Waals surface area contributed by atoms with Gasteiger partial charge < -0.3 is 5.32 Å². The van der Waals surface area contributed by atoms with E-state index in [1.807, 2.05) is 32.9 Å². The number of nitrogens with zero attached hydrogens (tertiary/aromatic N) is 4.